The Balaban J connectivity index is 1.32. The Bertz CT molecular complexity index is 1280. The Labute approximate surface area is 194 Å². The van der Waals surface area contributed by atoms with E-state index in [1.54, 1.807) is 12.1 Å². The molecule has 1 aliphatic heterocycles. The van der Waals surface area contributed by atoms with E-state index in [-0.39, 0.29) is 11.7 Å². The second-order valence-corrected chi connectivity index (χ2v) is 9.36. The third kappa shape index (κ3) is 3.98. The molecule has 0 radical (unpaired) electrons. The van der Waals surface area contributed by atoms with Gasteiger partial charge in [-0.3, -0.25) is 9.48 Å². The highest BCUT2D eigenvalue weighted by Crippen LogP contribution is 2.31. The van der Waals surface area contributed by atoms with Crippen molar-refractivity contribution in [1.82, 2.24) is 14.7 Å². The third-order valence-corrected chi connectivity index (χ3v) is 7.36. The average Bonchev–Trinajstić information content (AvgIpc) is 3.37. The molecule has 0 saturated carbocycles. The maximum absolute atomic E-state index is 13.2. The van der Waals surface area contributed by atoms with Gasteiger partial charge in [-0.2, -0.15) is 5.10 Å². The molecule has 5 nitrogen and oxygen atoms in total. The molecule has 0 spiro atoms. The number of benzene rings is 2. The Kier molecular flexibility index (Phi) is 5.61. The normalized spacial score (nSPS) is 14.3. The lowest BCUT2D eigenvalue weighted by molar-refractivity contribution is 0.0751. The number of halogens is 2. The summed E-state index contributed by atoms with van der Waals surface area (Å²) in [6.07, 6.45) is 0. The molecule has 32 heavy (non-hydrogen) atoms. The van der Waals surface area contributed by atoms with Gasteiger partial charge in [-0.25, -0.2) is 4.39 Å². The monoisotopic (exact) mass is 468 g/mol. The van der Waals surface area contributed by atoms with Crippen LogP contribution in [0.1, 0.15) is 20.9 Å². The van der Waals surface area contributed by atoms with Crippen LogP contribution < -0.4 is 4.90 Å². The molecule has 1 aliphatic rings. The first-order chi connectivity index (χ1) is 15.5. The van der Waals surface area contributed by atoms with Crippen molar-refractivity contribution in [2.45, 2.75) is 13.5 Å². The predicted molar refractivity (Wildman–Crippen MR) is 127 cm³/mol. The van der Waals surface area contributed by atoms with Crippen molar-refractivity contribution in [1.29, 1.82) is 0 Å². The lowest BCUT2D eigenvalue weighted by Gasteiger charge is -2.36. The number of carbonyl (C=O) groups is 1. The lowest BCUT2D eigenvalue weighted by Crippen LogP contribution is -2.48. The minimum absolute atomic E-state index is 0.0497. The SMILES string of the molecule is Cc1nn(Cc2ccccc2Cl)c2sc(C(=O)N3CCN(c4ccc(F)cc4)CC3)cc12. The molecule has 164 valence electrons. The number of thiophene rings is 1. The zero-order valence-electron chi connectivity index (χ0n) is 17.6. The highest BCUT2D eigenvalue weighted by atomic mass is 35.5. The van der Waals surface area contributed by atoms with E-state index in [0.717, 1.165) is 45.1 Å². The van der Waals surface area contributed by atoms with E-state index in [4.69, 9.17) is 11.6 Å². The summed E-state index contributed by atoms with van der Waals surface area (Å²) in [7, 11) is 0. The molecule has 1 amide bonds. The van der Waals surface area contributed by atoms with Crippen LogP contribution in [0.3, 0.4) is 0 Å². The number of amides is 1. The van der Waals surface area contributed by atoms with Gasteiger partial charge in [-0.1, -0.05) is 29.8 Å². The first-order valence-corrected chi connectivity index (χ1v) is 11.7. The second kappa shape index (κ2) is 8.56. The van der Waals surface area contributed by atoms with Crippen LogP contribution >= 0.6 is 22.9 Å². The Morgan fingerprint density at radius 1 is 1.09 bits per heavy atom. The molecule has 0 atom stereocenters. The standard InChI is InChI=1S/C24H22ClFN4OS/c1-16-20-14-22(32-24(20)30(27-16)15-17-4-2-3-5-21(17)25)23(31)29-12-10-28(11-13-29)19-8-6-18(26)7-9-19/h2-9,14H,10-13,15H2,1H3. The van der Waals surface area contributed by atoms with Crippen LogP contribution in [0.5, 0.6) is 0 Å². The van der Waals surface area contributed by atoms with Crippen molar-refractivity contribution < 1.29 is 9.18 Å². The van der Waals surface area contributed by atoms with Gasteiger partial charge in [0.15, 0.2) is 0 Å². The number of nitrogens with zero attached hydrogens (tertiary/aromatic N) is 4. The van der Waals surface area contributed by atoms with Crippen molar-refractivity contribution >= 4 is 44.7 Å². The van der Waals surface area contributed by atoms with Crippen LogP contribution in [-0.2, 0) is 6.54 Å². The van der Waals surface area contributed by atoms with E-state index in [2.05, 4.69) is 10.00 Å². The second-order valence-electron chi connectivity index (χ2n) is 7.92. The molecule has 4 aromatic rings. The fourth-order valence-electron chi connectivity index (χ4n) is 4.09. The maximum atomic E-state index is 13.2. The molecule has 1 fully saturated rings. The summed E-state index contributed by atoms with van der Waals surface area (Å²) in [5.74, 6) is -0.190. The van der Waals surface area contributed by atoms with Crippen LogP contribution in [0.15, 0.2) is 54.6 Å². The van der Waals surface area contributed by atoms with Crippen LogP contribution in [0.25, 0.3) is 10.2 Å². The number of anilines is 1. The summed E-state index contributed by atoms with van der Waals surface area (Å²) in [4.78, 5) is 19.0. The average molecular weight is 469 g/mol. The summed E-state index contributed by atoms with van der Waals surface area (Å²) in [6, 6.07) is 16.2. The first kappa shape index (κ1) is 21.0. The largest absolute Gasteiger partial charge is 0.368 e. The zero-order valence-corrected chi connectivity index (χ0v) is 19.2. The minimum atomic E-state index is -0.240. The molecule has 0 bridgehead atoms. The minimum Gasteiger partial charge on any atom is -0.368 e. The van der Waals surface area contributed by atoms with Gasteiger partial charge < -0.3 is 9.80 Å². The van der Waals surface area contributed by atoms with E-state index < -0.39 is 0 Å². The third-order valence-electron chi connectivity index (χ3n) is 5.85. The van der Waals surface area contributed by atoms with Gasteiger partial charge in [-0.05, 0) is 48.9 Å². The molecule has 2 aromatic carbocycles. The fourth-order valence-corrected chi connectivity index (χ4v) is 5.41. The fraction of sp³-hybridized carbons (Fsp3) is 0.250. The maximum Gasteiger partial charge on any atom is 0.264 e. The summed E-state index contributed by atoms with van der Waals surface area (Å²) < 4.78 is 15.1. The number of rotatable bonds is 4. The van der Waals surface area contributed by atoms with Gasteiger partial charge in [0, 0.05) is 42.3 Å². The van der Waals surface area contributed by atoms with E-state index in [1.165, 1.54) is 23.5 Å². The number of fused-ring (bicyclic) bond motifs is 1. The molecule has 8 heteroatoms. The number of carbonyl (C=O) groups excluding carboxylic acids is 1. The van der Waals surface area contributed by atoms with Crippen molar-refractivity contribution in [2.75, 3.05) is 31.1 Å². The molecule has 1 saturated heterocycles. The van der Waals surface area contributed by atoms with Crippen molar-refractivity contribution in [3.05, 3.63) is 81.6 Å². The summed E-state index contributed by atoms with van der Waals surface area (Å²) >= 11 is 7.81. The van der Waals surface area contributed by atoms with Crippen LogP contribution in [-0.4, -0.2) is 46.8 Å². The predicted octanol–water partition coefficient (Wildman–Crippen LogP) is 5.21. The zero-order chi connectivity index (χ0) is 22.2. The van der Waals surface area contributed by atoms with Crippen LogP contribution in [0.4, 0.5) is 10.1 Å². The van der Waals surface area contributed by atoms with Crippen molar-refractivity contribution in [2.24, 2.45) is 0 Å². The molecule has 0 N–H and O–H groups in total. The molecular weight excluding hydrogens is 447 g/mol. The highest BCUT2D eigenvalue weighted by molar-refractivity contribution is 7.20. The molecular formula is C24H22ClFN4OS. The van der Waals surface area contributed by atoms with Gasteiger partial charge in [0.2, 0.25) is 0 Å². The van der Waals surface area contributed by atoms with Gasteiger partial charge in [0.1, 0.15) is 10.6 Å². The van der Waals surface area contributed by atoms with Crippen LogP contribution in [0.2, 0.25) is 5.02 Å². The van der Waals surface area contributed by atoms with Gasteiger partial charge >= 0.3 is 0 Å². The summed E-state index contributed by atoms with van der Waals surface area (Å²) in [6.45, 7) is 5.25. The highest BCUT2D eigenvalue weighted by Gasteiger charge is 2.25. The topological polar surface area (TPSA) is 41.4 Å². The smallest absolute Gasteiger partial charge is 0.264 e. The van der Waals surface area contributed by atoms with E-state index in [0.29, 0.717) is 24.7 Å². The number of piperazine rings is 1. The number of hydrogen-bond donors (Lipinski definition) is 0. The summed E-state index contributed by atoms with van der Waals surface area (Å²) in [5.41, 5.74) is 2.89. The van der Waals surface area contributed by atoms with Gasteiger partial charge in [-0.15, -0.1) is 11.3 Å². The Morgan fingerprint density at radius 3 is 2.53 bits per heavy atom. The summed E-state index contributed by atoms with van der Waals surface area (Å²) in [5, 5.41) is 6.38. The van der Waals surface area contributed by atoms with Crippen molar-refractivity contribution in [3.63, 3.8) is 0 Å². The Morgan fingerprint density at radius 2 is 1.81 bits per heavy atom. The van der Waals surface area contributed by atoms with E-state index >= 15 is 0 Å². The van der Waals surface area contributed by atoms with Gasteiger partial charge in [0.25, 0.3) is 5.91 Å². The van der Waals surface area contributed by atoms with E-state index in [9.17, 15) is 9.18 Å². The first-order valence-electron chi connectivity index (χ1n) is 10.5. The molecule has 5 rings (SSSR count). The molecule has 2 aromatic heterocycles. The molecule has 0 aliphatic carbocycles. The lowest BCUT2D eigenvalue weighted by atomic mass is 10.2. The molecule has 3 heterocycles. The number of aromatic nitrogens is 2. The quantitative estimate of drug-likeness (QED) is 0.413. The van der Waals surface area contributed by atoms with Gasteiger partial charge in [0.05, 0.1) is 17.1 Å². The van der Waals surface area contributed by atoms with E-state index in [1.807, 2.05) is 46.8 Å². The van der Waals surface area contributed by atoms with Crippen molar-refractivity contribution in [3.8, 4) is 0 Å². The molecule has 0 unspecified atom stereocenters. The number of hydrogen-bond acceptors (Lipinski definition) is 4. The van der Waals surface area contributed by atoms with Crippen LogP contribution in [0, 0.1) is 12.7 Å². The Hall–Kier alpha value is -2.90. The number of aryl methyl sites for hydroxylation is 1.